The molecule has 1 aromatic carbocycles. The van der Waals surface area contributed by atoms with Gasteiger partial charge in [-0.05, 0) is 58.7 Å². The molecule has 0 aliphatic carbocycles. The number of rotatable bonds is 5. The third-order valence-corrected chi connectivity index (χ3v) is 6.64. The highest BCUT2D eigenvalue weighted by molar-refractivity contribution is 6.44. The highest BCUT2D eigenvalue weighted by Crippen LogP contribution is 2.35. The topological polar surface area (TPSA) is 145 Å². The third kappa shape index (κ3) is 6.28. The van der Waals surface area contributed by atoms with Crippen molar-refractivity contribution >= 4 is 46.6 Å². The van der Waals surface area contributed by atoms with E-state index in [1.165, 1.54) is 0 Å². The molecule has 2 amide bonds. The lowest BCUT2D eigenvalue weighted by atomic mass is 10.0. The Morgan fingerprint density at radius 1 is 1.24 bits per heavy atom. The number of piperidine rings is 1. The number of nitrogens with zero attached hydrogens (tertiary/aromatic N) is 2. The zero-order valence-corrected chi connectivity index (χ0v) is 22.3. The van der Waals surface area contributed by atoms with Gasteiger partial charge in [0.1, 0.15) is 11.3 Å². The van der Waals surface area contributed by atoms with Gasteiger partial charge in [-0.25, -0.2) is 14.7 Å². The van der Waals surface area contributed by atoms with Crippen LogP contribution in [0.3, 0.4) is 0 Å². The number of alkyl carbamates (subject to hydrolysis) is 1. The van der Waals surface area contributed by atoms with Crippen LogP contribution in [0.1, 0.15) is 49.8 Å². The van der Waals surface area contributed by atoms with Crippen LogP contribution in [0, 0.1) is 6.92 Å². The van der Waals surface area contributed by atoms with Crippen LogP contribution in [0.5, 0.6) is 0 Å². The molecule has 0 saturated carbocycles. The van der Waals surface area contributed by atoms with Gasteiger partial charge < -0.3 is 29.7 Å². The van der Waals surface area contributed by atoms with Crippen molar-refractivity contribution in [2.24, 2.45) is 0 Å². The lowest BCUT2D eigenvalue weighted by Gasteiger charge is -2.36. The summed E-state index contributed by atoms with van der Waals surface area (Å²) in [5.74, 6) is -1.04. The average Bonchev–Trinajstić information content (AvgIpc) is 3.36. The number of halogens is 2. The zero-order chi connectivity index (χ0) is 26.9. The first-order chi connectivity index (χ1) is 17.4. The number of hydrogen-bond acceptors (Lipinski definition) is 7. The first-order valence-corrected chi connectivity index (χ1v) is 12.5. The standard InChI is InChI=1S/C24H28Cl2N6O5/c1-12-17(25)18(26)19(27-12)20(33)29-15-8-7-13(21-30-31-23(35)36-21)10-16(15)32-9-5-6-14(11-32)28-22(34)37-24(2,3)4/h7-8,10,14,27H,5-6,9,11H2,1-4H3,(H,28,34)(H,29,33)(H,31,35)/t14-/m0/s1. The number of nitrogens with one attached hydrogen (secondary N) is 4. The molecule has 4 rings (SSSR count). The fraction of sp³-hybridized carbons (Fsp3) is 0.417. The molecule has 3 heterocycles. The normalized spacial score (nSPS) is 15.9. The number of benzene rings is 1. The van der Waals surface area contributed by atoms with E-state index in [4.69, 9.17) is 32.4 Å². The fourth-order valence-electron chi connectivity index (χ4n) is 4.09. The maximum absolute atomic E-state index is 13.1. The Labute approximate surface area is 222 Å². The van der Waals surface area contributed by atoms with Gasteiger partial charge in [-0.3, -0.25) is 4.79 Å². The van der Waals surface area contributed by atoms with Crippen LogP contribution < -0.4 is 21.3 Å². The summed E-state index contributed by atoms with van der Waals surface area (Å²) >= 11 is 12.4. The molecule has 11 nitrogen and oxygen atoms in total. The summed E-state index contributed by atoms with van der Waals surface area (Å²) < 4.78 is 10.5. The molecule has 0 bridgehead atoms. The van der Waals surface area contributed by atoms with Crippen LogP contribution in [0.2, 0.25) is 10.0 Å². The minimum absolute atomic E-state index is 0.111. The van der Waals surface area contributed by atoms with Crippen molar-refractivity contribution in [3.8, 4) is 11.5 Å². The molecule has 1 aliphatic heterocycles. The van der Waals surface area contributed by atoms with E-state index in [1.54, 1.807) is 45.9 Å². The molecule has 13 heteroatoms. The molecule has 3 aromatic rings. The number of aromatic nitrogens is 3. The van der Waals surface area contributed by atoms with E-state index in [9.17, 15) is 14.4 Å². The van der Waals surface area contributed by atoms with Gasteiger partial charge >= 0.3 is 11.8 Å². The van der Waals surface area contributed by atoms with Crippen LogP contribution in [0.4, 0.5) is 16.2 Å². The van der Waals surface area contributed by atoms with Gasteiger partial charge in [0.2, 0.25) is 5.89 Å². The lowest BCUT2D eigenvalue weighted by Crippen LogP contribution is -2.49. The van der Waals surface area contributed by atoms with Crippen LogP contribution in [-0.4, -0.2) is 51.9 Å². The Hall–Kier alpha value is -3.44. The molecule has 1 saturated heterocycles. The number of ether oxygens (including phenoxy) is 1. The minimum atomic E-state index is -0.679. The van der Waals surface area contributed by atoms with E-state index in [0.717, 1.165) is 12.8 Å². The monoisotopic (exact) mass is 550 g/mol. The van der Waals surface area contributed by atoms with Gasteiger partial charge in [0.05, 0.1) is 21.4 Å². The van der Waals surface area contributed by atoms with Gasteiger partial charge in [0, 0.05) is 30.4 Å². The number of carbonyl (C=O) groups excluding carboxylic acids is 2. The van der Waals surface area contributed by atoms with Gasteiger partial charge in [0.25, 0.3) is 5.91 Å². The first kappa shape index (κ1) is 26.6. The molecule has 0 spiro atoms. The van der Waals surface area contributed by atoms with Crippen molar-refractivity contribution in [3.05, 3.63) is 50.2 Å². The smallest absolute Gasteiger partial charge is 0.434 e. The van der Waals surface area contributed by atoms with Gasteiger partial charge in [-0.2, -0.15) is 0 Å². The van der Waals surface area contributed by atoms with Crippen molar-refractivity contribution in [2.45, 2.75) is 52.2 Å². The van der Waals surface area contributed by atoms with Gasteiger partial charge in [-0.1, -0.05) is 23.2 Å². The number of amides is 2. The molecule has 1 aliphatic rings. The molecule has 37 heavy (non-hydrogen) atoms. The van der Waals surface area contributed by atoms with Gasteiger partial charge in [0.15, 0.2) is 0 Å². The molecular weight excluding hydrogens is 523 g/mol. The second-order valence-corrected chi connectivity index (χ2v) is 10.5. The van der Waals surface area contributed by atoms with Crippen molar-refractivity contribution in [1.29, 1.82) is 0 Å². The first-order valence-electron chi connectivity index (χ1n) is 11.7. The predicted molar refractivity (Wildman–Crippen MR) is 141 cm³/mol. The second-order valence-electron chi connectivity index (χ2n) is 9.79. The Balaban J connectivity index is 1.63. The molecular formula is C24H28Cl2N6O5. The second kappa shape index (κ2) is 10.5. The Bertz CT molecular complexity index is 1370. The van der Waals surface area contributed by atoms with Gasteiger partial charge in [-0.15, -0.1) is 5.10 Å². The van der Waals surface area contributed by atoms with Crippen LogP contribution >= 0.6 is 23.2 Å². The van der Waals surface area contributed by atoms with E-state index >= 15 is 0 Å². The molecule has 1 atom stereocenters. The summed E-state index contributed by atoms with van der Waals surface area (Å²) in [4.78, 5) is 41.9. The number of aromatic amines is 2. The molecule has 1 fully saturated rings. The molecule has 0 radical (unpaired) electrons. The van der Waals surface area contributed by atoms with Crippen LogP contribution in [0.15, 0.2) is 27.4 Å². The summed E-state index contributed by atoms with van der Waals surface area (Å²) in [6, 6.07) is 4.94. The van der Waals surface area contributed by atoms with Crippen LogP contribution in [0.25, 0.3) is 11.5 Å². The minimum Gasteiger partial charge on any atom is -0.444 e. The highest BCUT2D eigenvalue weighted by Gasteiger charge is 2.27. The quantitative estimate of drug-likeness (QED) is 0.359. The predicted octanol–water partition coefficient (Wildman–Crippen LogP) is 4.72. The number of aryl methyl sites for hydroxylation is 1. The Kier molecular flexibility index (Phi) is 7.56. The Morgan fingerprint density at radius 3 is 2.62 bits per heavy atom. The Morgan fingerprint density at radius 2 is 2.00 bits per heavy atom. The maximum Gasteiger partial charge on any atom is 0.434 e. The van der Waals surface area contributed by atoms with Crippen LogP contribution in [-0.2, 0) is 4.74 Å². The molecule has 4 N–H and O–H groups in total. The van der Waals surface area contributed by atoms with E-state index in [2.05, 4.69) is 25.8 Å². The molecule has 2 aromatic heterocycles. The number of hydrogen-bond donors (Lipinski definition) is 4. The van der Waals surface area contributed by atoms with E-state index in [-0.39, 0.29) is 27.7 Å². The lowest BCUT2D eigenvalue weighted by molar-refractivity contribution is 0.0500. The van der Waals surface area contributed by atoms with E-state index < -0.39 is 23.4 Å². The van der Waals surface area contributed by atoms with Crippen molar-refractivity contribution in [3.63, 3.8) is 0 Å². The number of carbonyl (C=O) groups is 2. The maximum atomic E-state index is 13.1. The highest BCUT2D eigenvalue weighted by atomic mass is 35.5. The van der Waals surface area contributed by atoms with Crippen molar-refractivity contribution in [2.75, 3.05) is 23.3 Å². The number of anilines is 2. The fourth-order valence-corrected chi connectivity index (χ4v) is 4.50. The summed E-state index contributed by atoms with van der Waals surface area (Å²) in [5, 5.41) is 12.4. The average molecular weight is 551 g/mol. The third-order valence-electron chi connectivity index (χ3n) is 5.69. The van der Waals surface area contributed by atoms with Crippen molar-refractivity contribution in [1.82, 2.24) is 20.5 Å². The molecule has 0 unspecified atom stereocenters. The summed E-state index contributed by atoms with van der Waals surface area (Å²) in [7, 11) is 0. The van der Waals surface area contributed by atoms with E-state index in [0.29, 0.717) is 35.7 Å². The summed E-state index contributed by atoms with van der Waals surface area (Å²) in [6.45, 7) is 8.26. The zero-order valence-electron chi connectivity index (χ0n) is 20.8. The summed E-state index contributed by atoms with van der Waals surface area (Å²) in [5.41, 5.74) is 1.78. The number of H-pyrrole nitrogens is 2. The summed E-state index contributed by atoms with van der Waals surface area (Å²) in [6.07, 6.45) is 1.06. The SMILES string of the molecule is Cc1[nH]c(C(=O)Nc2ccc(-c3n[nH]c(=O)o3)cc2N2CCC[C@H](NC(=O)OC(C)(C)C)C2)c(Cl)c1Cl. The molecule has 198 valence electrons. The van der Waals surface area contributed by atoms with E-state index in [1.807, 2.05) is 4.90 Å². The largest absolute Gasteiger partial charge is 0.444 e. The van der Waals surface area contributed by atoms with Crippen molar-refractivity contribution < 1.29 is 18.7 Å².